The van der Waals surface area contributed by atoms with Gasteiger partial charge in [0.25, 0.3) is 0 Å². The molecule has 0 bridgehead atoms. The number of hydrogen-bond donors (Lipinski definition) is 2. The van der Waals surface area contributed by atoms with Gasteiger partial charge in [0, 0.05) is 46.4 Å². The van der Waals surface area contributed by atoms with Crippen LogP contribution < -0.4 is 10.6 Å². The first-order valence-corrected chi connectivity index (χ1v) is 8.96. The molecule has 0 spiro atoms. The zero-order valence-electron chi connectivity index (χ0n) is 16.0. The molecule has 1 aliphatic heterocycles. The second-order valence-corrected chi connectivity index (χ2v) is 6.64. The van der Waals surface area contributed by atoms with E-state index in [0.717, 1.165) is 18.1 Å². The SMILES string of the molecule is COCCCNC(=NCc1nnc(C)n1C)NC1CCN(CC(F)(F)F)C1. The second kappa shape index (κ2) is 9.88. The molecule has 1 fully saturated rings. The summed E-state index contributed by atoms with van der Waals surface area (Å²) in [7, 11) is 3.50. The molecule has 154 valence electrons. The minimum Gasteiger partial charge on any atom is -0.385 e. The highest BCUT2D eigenvalue weighted by atomic mass is 19.4. The highest BCUT2D eigenvalue weighted by molar-refractivity contribution is 5.80. The lowest BCUT2D eigenvalue weighted by atomic mass is 10.3. The third kappa shape index (κ3) is 7.33. The van der Waals surface area contributed by atoms with Crippen LogP contribution in [0.3, 0.4) is 0 Å². The zero-order valence-corrected chi connectivity index (χ0v) is 16.0. The molecule has 27 heavy (non-hydrogen) atoms. The molecule has 1 unspecified atom stereocenters. The molecule has 1 saturated heterocycles. The van der Waals surface area contributed by atoms with E-state index in [0.29, 0.717) is 45.2 Å². The standard InChI is InChI=1S/C16H28F3N7O/c1-12-23-24-14(25(12)2)9-21-15(20-6-4-8-27-3)22-13-5-7-26(10-13)11-16(17,18)19/h13H,4-11H2,1-3H3,(H2,20,21,22). The van der Waals surface area contributed by atoms with Crippen molar-refractivity contribution in [2.45, 2.75) is 38.5 Å². The fourth-order valence-corrected chi connectivity index (χ4v) is 2.86. The Bertz CT molecular complexity index is 618. The molecule has 0 aromatic carbocycles. The van der Waals surface area contributed by atoms with Gasteiger partial charge in [-0.2, -0.15) is 13.2 Å². The Morgan fingerprint density at radius 1 is 1.37 bits per heavy atom. The predicted octanol–water partition coefficient (Wildman–Crippen LogP) is 0.832. The van der Waals surface area contributed by atoms with Crippen molar-refractivity contribution in [3.8, 4) is 0 Å². The third-order valence-electron chi connectivity index (χ3n) is 4.40. The molecule has 0 radical (unpaired) electrons. The molecule has 1 aromatic heterocycles. The van der Waals surface area contributed by atoms with E-state index in [2.05, 4.69) is 25.8 Å². The highest BCUT2D eigenvalue weighted by Gasteiger charge is 2.34. The van der Waals surface area contributed by atoms with Crippen LogP contribution in [0.25, 0.3) is 0 Å². The number of alkyl halides is 3. The maximum Gasteiger partial charge on any atom is 0.401 e. The molecule has 2 N–H and O–H groups in total. The molecular formula is C16H28F3N7O. The van der Waals surface area contributed by atoms with Crippen molar-refractivity contribution >= 4 is 5.96 Å². The maximum absolute atomic E-state index is 12.6. The van der Waals surface area contributed by atoms with Crippen LogP contribution in [0.4, 0.5) is 13.2 Å². The van der Waals surface area contributed by atoms with E-state index >= 15 is 0 Å². The Balaban J connectivity index is 1.93. The number of rotatable bonds is 8. The van der Waals surface area contributed by atoms with Crippen LogP contribution in [0.2, 0.25) is 0 Å². The highest BCUT2D eigenvalue weighted by Crippen LogP contribution is 2.19. The average Bonchev–Trinajstić information content (AvgIpc) is 3.15. The van der Waals surface area contributed by atoms with Gasteiger partial charge in [-0.05, 0) is 19.8 Å². The smallest absolute Gasteiger partial charge is 0.385 e. The lowest BCUT2D eigenvalue weighted by Gasteiger charge is -2.20. The molecule has 8 nitrogen and oxygen atoms in total. The van der Waals surface area contributed by atoms with Gasteiger partial charge >= 0.3 is 6.18 Å². The Kier molecular flexibility index (Phi) is 7.84. The number of aromatic nitrogens is 3. The summed E-state index contributed by atoms with van der Waals surface area (Å²) in [4.78, 5) is 5.93. The van der Waals surface area contributed by atoms with Crippen LogP contribution >= 0.6 is 0 Å². The van der Waals surface area contributed by atoms with Crippen LogP contribution in [0.5, 0.6) is 0 Å². The second-order valence-electron chi connectivity index (χ2n) is 6.64. The van der Waals surface area contributed by atoms with Crippen LogP contribution in [0.15, 0.2) is 4.99 Å². The van der Waals surface area contributed by atoms with E-state index in [4.69, 9.17) is 4.74 Å². The van der Waals surface area contributed by atoms with Gasteiger partial charge in [0.2, 0.25) is 0 Å². The summed E-state index contributed by atoms with van der Waals surface area (Å²) in [6.07, 6.45) is -2.74. The van der Waals surface area contributed by atoms with Gasteiger partial charge in [-0.15, -0.1) is 10.2 Å². The molecule has 2 heterocycles. The number of methoxy groups -OCH3 is 1. The summed E-state index contributed by atoms with van der Waals surface area (Å²) < 4.78 is 44.6. The summed E-state index contributed by atoms with van der Waals surface area (Å²) in [6.45, 7) is 3.32. The van der Waals surface area contributed by atoms with Crippen molar-refractivity contribution in [1.82, 2.24) is 30.3 Å². The van der Waals surface area contributed by atoms with Gasteiger partial charge in [0.05, 0.1) is 6.54 Å². The van der Waals surface area contributed by atoms with Gasteiger partial charge in [-0.1, -0.05) is 0 Å². The fraction of sp³-hybridized carbons (Fsp3) is 0.812. The van der Waals surface area contributed by atoms with E-state index in [9.17, 15) is 13.2 Å². The summed E-state index contributed by atoms with van der Waals surface area (Å²) in [5, 5.41) is 14.5. The van der Waals surface area contributed by atoms with Crippen molar-refractivity contribution in [3.05, 3.63) is 11.6 Å². The number of aliphatic imine (C=N–C) groups is 1. The number of nitrogens with zero attached hydrogens (tertiary/aromatic N) is 5. The number of aryl methyl sites for hydroxylation is 1. The maximum atomic E-state index is 12.6. The number of halogens is 3. The van der Waals surface area contributed by atoms with Crippen LogP contribution in [-0.2, 0) is 18.3 Å². The van der Waals surface area contributed by atoms with Gasteiger partial charge in [0.1, 0.15) is 12.4 Å². The largest absolute Gasteiger partial charge is 0.401 e. The quantitative estimate of drug-likeness (QED) is 0.388. The van der Waals surface area contributed by atoms with E-state index < -0.39 is 12.7 Å². The molecule has 1 aliphatic rings. The Hall–Kier alpha value is -1.88. The summed E-state index contributed by atoms with van der Waals surface area (Å²) in [5.41, 5.74) is 0. The minimum atomic E-state index is -4.17. The number of likely N-dealkylation sites (tertiary alicyclic amines) is 1. The van der Waals surface area contributed by atoms with Crippen LogP contribution in [0.1, 0.15) is 24.5 Å². The summed E-state index contributed by atoms with van der Waals surface area (Å²) >= 11 is 0. The van der Waals surface area contributed by atoms with Gasteiger partial charge in [-0.3, -0.25) is 4.90 Å². The molecular weight excluding hydrogens is 363 g/mol. The normalized spacial score (nSPS) is 18.9. The first-order chi connectivity index (χ1) is 12.8. The zero-order chi connectivity index (χ0) is 19.9. The molecule has 0 aliphatic carbocycles. The number of nitrogens with one attached hydrogen (secondary N) is 2. The lowest BCUT2D eigenvalue weighted by molar-refractivity contribution is -0.143. The van der Waals surface area contributed by atoms with Crippen molar-refractivity contribution in [3.63, 3.8) is 0 Å². The summed E-state index contributed by atoms with van der Waals surface area (Å²) in [6, 6.07) is -0.0812. The van der Waals surface area contributed by atoms with Crippen LogP contribution in [-0.4, -0.2) is 77.7 Å². The molecule has 1 aromatic rings. The van der Waals surface area contributed by atoms with Crippen molar-refractivity contribution < 1.29 is 17.9 Å². The van der Waals surface area contributed by atoms with E-state index in [1.807, 2.05) is 18.5 Å². The predicted molar refractivity (Wildman–Crippen MR) is 95.4 cm³/mol. The Labute approximate surface area is 157 Å². The number of ether oxygens (including phenoxy) is 1. The van der Waals surface area contributed by atoms with Crippen molar-refractivity contribution in [1.29, 1.82) is 0 Å². The number of hydrogen-bond acceptors (Lipinski definition) is 5. The van der Waals surface area contributed by atoms with Gasteiger partial charge < -0.3 is 19.9 Å². The number of guanidine groups is 1. The molecule has 1 atom stereocenters. The molecule has 2 rings (SSSR count). The monoisotopic (exact) mass is 391 g/mol. The lowest BCUT2D eigenvalue weighted by Crippen LogP contribution is -2.45. The van der Waals surface area contributed by atoms with E-state index in [1.165, 1.54) is 4.90 Å². The minimum absolute atomic E-state index is 0.0812. The third-order valence-corrected chi connectivity index (χ3v) is 4.40. The fourth-order valence-electron chi connectivity index (χ4n) is 2.86. The first kappa shape index (κ1) is 21.4. The summed E-state index contributed by atoms with van der Waals surface area (Å²) in [5.74, 6) is 2.07. The Morgan fingerprint density at radius 3 is 2.78 bits per heavy atom. The average molecular weight is 391 g/mol. The van der Waals surface area contributed by atoms with Crippen molar-refractivity contribution in [2.75, 3.05) is 39.9 Å². The van der Waals surface area contributed by atoms with Gasteiger partial charge in [0.15, 0.2) is 11.8 Å². The molecule has 11 heteroatoms. The first-order valence-electron chi connectivity index (χ1n) is 8.96. The van der Waals surface area contributed by atoms with Crippen LogP contribution in [0, 0.1) is 6.92 Å². The van der Waals surface area contributed by atoms with Gasteiger partial charge in [-0.25, -0.2) is 4.99 Å². The topological polar surface area (TPSA) is 79.6 Å². The Morgan fingerprint density at radius 2 is 2.15 bits per heavy atom. The van der Waals surface area contributed by atoms with E-state index in [-0.39, 0.29) is 6.04 Å². The van der Waals surface area contributed by atoms with Crippen molar-refractivity contribution in [2.24, 2.45) is 12.0 Å². The molecule has 0 amide bonds. The molecule has 0 saturated carbocycles. The van der Waals surface area contributed by atoms with E-state index in [1.54, 1.807) is 7.11 Å².